The minimum absolute atomic E-state index is 0.0102. The van der Waals surface area contributed by atoms with E-state index < -0.39 is 5.41 Å². The second kappa shape index (κ2) is 2.72. The maximum absolute atomic E-state index is 12.2. The van der Waals surface area contributed by atoms with Crippen molar-refractivity contribution in [3.63, 3.8) is 0 Å². The highest BCUT2D eigenvalue weighted by molar-refractivity contribution is 6.03. The second-order valence-corrected chi connectivity index (χ2v) is 4.94. The van der Waals surface area contributed by atoms with Gasteiger partial charge in [0.2, 0.25) is 0 Å². The highest BCUT2D eigenvalue weighted by Gasteiger charge is 2.58. The van der Waals surface area contributed by atoms with Crippen LogP contribution in [0.25, 0.3) is 0 Å². The number of epoxide rings is 1. The summed E-state index contributed by atoms with van der Waals surface area (Å²) in [6.45, 7) is 3.84. The number of nitriles is 1. The van der Waals surface area contributed by atoms with Crippen LogP contribution in [0.15, 0.2) is 18.2 Å². The Morgan fingerprint density at radius 3 is 2.88 bits per heavy atom. The molecule has 0 saturated carbocycles. The number of fused-ring (bicyclic) bond motifs is 3. The number of carbonyl (C=O) groups excluding carboxylic acids is 1. The highest BCUT2D eigenvalue weighted by Crippen LogP contribution is 2.55. The summed E-state index contributed by atoms with van der Waals surface area (Å²) in [5, 5.41) is 8.83. The maximum atomic E-state index is 12.2. The van der Waals surface area contributed by atoms with Crippen molar-refractivity contribution >= 4 is 5.78 Å². The summed E-state index contributed by atoms with van der Waals surface area (Å²) >= 11 is 0. The molecule has 3 nitrogen and oxygen atoms in total. The molecule has 0 radical (unpaired) electrons. The molecule has 0 aromatic heterocycles. The molecular weight excluding hydrogens is 202 g/mol. The van der Waals surface area contributed by atoms with Crippen LogP contribution >= 0.6 is 0 Å². The van der Waals surface area contributed by atoms with E-state index in [0.29, 0.717) is 11.1 Å². The number of nitrogens with zero attached hydrogens (tertiary/aromatic N) is 1. The Morgan fingerprint density at radius 1 is 1.44 bits per heavy atom. The van der Waals surface area contributed by atoms with Crippen molar-refractivity contribution in [1.82, 2.24) is 0 Å². The average Bonchev–Trinajstić information content (AvgIpc) is 3.06. The molecular formula is C13H11NO2. The zero-order valence-corrected chi connectivity index (χ0v) is 9.15. The maximum Gasteiger partial charge on any atom is 0.171 e. The number of carbonyl (C=O) groups is 1. The van der Waals surface area contributed by atoms with Gasteiger partial charge in [0, 0.05) is 5.56 Å². The molecule has 1 aliphatic heterocycles. The molecule has 3 heteroatoms. The van der Waals surface area contributed by atoms with E-state index in [4.69, 9.17) is 10.00 Å². The summed E-state index contributed by atoms with van der Waals surface area (Å²) in [5.41, 5.74) is 1.74. The topological polar surface area (TPSA) is 53.4 Å². The zero-order chi connectivity index (χ0) is 11.5. The summed E-state index contributed by atoms with van der Waals surface area (Å²) in [5.74, 6) is 0.116. The van der Waals surface area contributed by atoms with Gasteiger partial charge in [0.15, 0.2) is 5.78 Å². The van der Waals surface area contributed by atoms with Crippen LogP contribution in [0.4, 0.5) is 0 Å². The fourth-order valence-corrected chi connectivity index (χ4v) is 2.45. The van der Waals surface area contributed by atoms with Crippen LogP contribution in [-0.2, 0) is 4.74 Å². The molecule has 0 amide bonds. The predicted octanol–water partition coefficient (Wildman–Crippen LogP) is 2.22. The van der Waals surface area contributed by atoms with Gasteiger partial charge >= 0.3 is 0 Å². The summed E-state index contributed by atoms with van der Waals surface area (Å²) in [6.07, 6.45) is -0.00237. The van der Waals surface area contributed by atoms with Gasteiger partial charge < -0.3 is 4.74 Å². The van der Waals surface area contributed by atoms with Gasteiger partial charge in [-0.1, -0.05) is 0 Å². The highest BCUT2D eigenvalue weighted by atomic mass is 16.6. The van der Waals surface area contributed by atoms with Gasteiger partial charge in [-0.05, 0) is 37.6 Å². The van der Waals surface area contributed by atoms with Gasteiger partial charge in [-0.3, -0.25) is 4.79 Å². The van der Waals surface area contributed by atoms with E-state index in [2.05, 4.69) is 6.07 Å². The number of Topliss-reactive ketones (excluding diaryl/α,β-unsaturated/α-hetero) is 1. The van der Waals surface area contributed by atoms with Crippen molar-refractivity contribution in [2.45, 2.75) is 26.1 Å². The average molecular weight is 213 g/mol. The van der Waals surface area contributed by atoms with Crippen molar-refractivity contribution < 1.29 is 9.53 Å². The standard InChI is InChI=1S/C13H11NO2/c1-13(2)11(15)8-4-3-7(6-14)5-9(8)10-12(13)16-10/h3-5,10,12H,1-2H3. The Balaban J connectivity index is 2.19. The van der Waals surface area contributed by atoms with Gasteiger partial charge in [0.05, 0.1) is 17.0 Å². The molecule has 2 unspecified atom stereocenters. The van der Waals surface area contributed by atoms with E-state index in [9.17, 15) is 4.79 Å². The van der Waals surface area contributed by atoms with Crippen molar-refractivity contribution in [3.8, 4) is 6.07 Å². The fourth-order valence-electron chi connectivity index (χ4n) is 2.45. The molecule has 16 heavy (non-hydrogen) atoms. The lowest BCUT2D eigenvalue weighted by Crippen LogP contribution is -2.34. The number of rotatable bonds is 0. The quantitative estimate of drug-likeness (QED) is 0.621. The van der Waals surface area contributed by atoms with Crippen LogP contribution in [-0.4, -0.2) is 11.9 Å². The number of benzene rings is 1. The molecule has 3 rings (SSSR count). The lowest BCUT2D eigenvalue weighted by Gasteiger charge is -2.26. The van der Waals surface area contributed by atoms with Crippen LogP contribution in [0.1, 0.15) is 41.4 Å². The molecule has 0 N–H and O–H groups in total. The predicted molar refractivity (Wildman–Crippen MR) is 56.9 cm³/mol. The van der Waals surface area contributed by atoms with Crippen molar-refractivity contribution in [3.05, 3.63) is 34.9 Å². The number of hydrogen-bond donors (Lipinski definition) is 0. The third kappa shape index (κ3) is 1.03. The van der Waals surface area contributed by atoms with Crippen LogP contribution in [0.2, 0.25) is 0 Å². The van der Waals surface area contributed by atoms with Gasteiger partial charge in [-0.25, -0.2) is 0 Å². The summed E-state index contributed by atoms with van der Waals surface area (Å²) in [4.78, 5) is 12.2. The zero-order valence-electron chi connectivity index (χ0n) is 9.15. The van der Waals surface area contributed by atoms with E-state index in [1.165, 1.54) is 0 Å². The molecule has 0 bridgehead atoms. The minimum atomic E-state index is -0.439. The first kappa shape index (κ1) is 9.56. The van der Waals surface area contributed by atoms with Crippen molar-refractivity contribution in [2.24, 2.45) is 5.41 Å². The molecule has 2 atom stereocenters. The monoisotopic (exact) mass is 213 g/mol. The van der Waals surface area contributed by atoms with Gasteiger partial charge in [0.1, 0.15) is 12.2 Å². The third-order valence-corrected chi connectivity index (χ3v) is 3.52. The Kier molecular flexibility index (Phi) is 1.62. The van der Waals surface area contributed by atoms with E-state index in [-0.39, 0.29) is 18.0 Å². The van der Waals surface area contributed by atoms with E-state index in [1.54, 1.807) is 18.2 Å². The van der Waals surface area contributed by atoms with Gasteiger partial charge in [-0.2, -0.15) is 5.26 Å². The summed E-state index contributed by atoms with van der Waals surface area (Å²) < 4.78 is 5.56. The smallest absolute Gasteiger partial charge is 0.171 e. The lowest BCUT2D eigenvalue weighted by atomic mass is 9.73. The third-order valence-electron chi connectivity index (χ3n) is 3.52. The minimum Gasteiger partial charge on any atom is -0.363 e. The number of ketones is 1. The molecule has 1 aromatic carbocycles. The second-order valence-electron chi connectivity index (χ2n) is 4.94. The first-order valence-corrected chi connectivity index (χ1v) is 5.30. The van der Waals surface area contributed by atoms with Crippen LogP contribution in [0, 0.1) is 16.7 Å². The van der Waals surface area contributed by atoms with E-state index in [1.807, 2.05) is 13.8 Å². The molecule has 0 spiro atoms. The Bertz CT molecular complexity index is 539. The normalized spacial score (nSPS) is 28.9. The number of ether oxygens (including phenoxy) is 1. The molecule has 1 heterocycles. The van der Waals surface area contributed by atoms with Crippen molar-refractivity contribution in [2.75, 3.05) is 0 Å². The van der Waals surface area contributed by atoms with Gasteiger partial charge in [0.25, 0.3) is 0 Å². The SMILES string of the molecule is CC1(C)C(=O)c2ccc(C#N)cc2C2OC21. The summed E-state index contributed by atoms with van der Waals surface area (Å²) in [6, 6.07) is 7.29. The van der Waals surface area contributed by atoms with Crippen molar-refractivity contribution in [1.29, 1.82) is 5.26 Å². The van der Waals surface area contributed by atoms with Crippen LogP contribution in [0.5, 0.6) is 0 Å². The molecule has 1 saturated heterocycles. The van der Waals surface area contributed by atoms with Crippen LogP contribution < -0.4 is 0 Å². The first-order chi connectivity index (χ1) is 7.55. The Labute approximate surface area is 93.6 Å². The fraction of sp³-hybridized carbons (Fsp3) is 0.385. The van der Waals surface area contributed by atoms with E-state index in [0.717, 1.165) is 5.56 Å². The molecule has 1 aliphatic carbocycles. The summed E-state index contributed by atoms with van der Waals surface area (Å²) in [7, 11) is 0. The molecule has 80 valence electrons. The molecule has 2 aliphatic rings. The molecule has 1 aromatic rings. The molecule has 1 fully saturated rings. The van der Waals surface area contributed by atoms with Gasteiger partial charge in [-0.15, -0.1) is 0 Å². The Morgan fingerprint density at radius 2 is 2.19 bits per heavy atom. The lowest BCUT2D eigenvalue weighted by molar-refractivity contribution is 0.0792. The first-order valence-electron chi connectivity index (χ1n) is 5.30. The Hall–Kier alpha value is -1.66. The number of hydrogen-bond acceptors (Lipinski definition) is 3. The largest absolute Gasteiger partial charge is 0.363 e. The van der Waals surface area contributed by atoms with E-state index >= 15 is 0 Å². The van der Waals surface area contributed by atoms with Crippen LogP contribution in [0.3, 0.4) is 0 Å².